The van der Waals surface area contributed by atoms with Crippen LogP contribution in [-0.2, 0) is 4.79 Å². The van der Waals surface area contributed by atoms with E-state index in [-0.39, 0.29) is 5.91 Å². The Hall–Kier alpha value is -2.30. The highest BCUT2D eigenvalue weighted by Gasteiger charge is 2.12. The van der Waals surface area contributed by atoms with Gasteiger partial charge in [0.2, 0.25) is 5.91 Å². The van der Waals surface area contributed by atoms with Crippen molar-refractivity contribution in [1.82, 2.24) is 4.98 Å². The summed E-state index contributed by atoms with van der Waals surface area (Å²) in [5, 5.41) is 3.70. The SMILES string of the molecule is CC(=O)Nc1cccc(-c2ccc(-c3cnco3)c(Cl)c2)c1Cl. The maximum atomic E-state index is 11.2. The summed E-state index contributed by atoms with van der Waals surface area (Å²) in [4.78, 5) is 15.1. The number of aromatic nitrogens is 1. The smallest absolute Gasteiger partial charge is 0.221 e. The molecule has 0 unspecified atom stereocenters. The topological polar surface area (TPSA) is 55.1 Å². The molecule has 0 radical (unpaired) electrons. The number of hydrogen-bond donors (Lipinski definition) is 1. The van der Waals surface area contributed by atoms with Crippen molar-refractivity contribution in [2.24, 2.45) is 0 Å². The lowest BCUT2D eigenvalue weighted by molar-refractivity contribution is -0.114. The largest absolute Gasteiger partial charge is 0.443 e. The van der Waals surface area contributed by atoms with E-state index in [2.05, 4.69) is 10.3 Å². The van der Waals surface area contributed by atoms with E-state index in [1.807, 2.05) is 24.3 Å². The second-order valence-corrected chi connectivity index (χ2v) is 5.69. The van der Waals surface area contributed by atoms with Gasteiger partial charge >= 0.3 is 0 Å². The van der Waals surface area contributed by atoms with Crippen LogP contribution in [0.15, 0.2) is 53.4 Å². The van der Waals surface area contributed by atoms with E-state index in [0.717, 1.165) is 16.7 Å². The summed E-state index contributed by atoms with van der Waals surface area (Å²) in [6.45, 7) is 1.44. The fourth-order valence-corrected chi connectivity index (χ4v) is 2.83. The van der Waals surface area contributed by atoms with Crippen molar-refractivity contribution in [3.63, 3.8) is 0 Å². The van der Waals surface area contributed by atoms with Gasteiger partial charge in [-0.2, -0.15) is 0 Å². The minimum atomic E-state index is -0.178. The second kappa shape index (κ2) is 6.44. The molecular weight excluding hydrogens is 335 g/mol. The zero-order valence-corrected chi connectivity index (χ0v) is 13.7. The van der Waals surface area contributed by atoms with Crippen LogP contribution in [0.4, 0.5) is 5.69 Å². The Bertz CT molecular complexity index is 861. The Morgan fingerprint density at radius 3 is 2.65 bits per heavy atom. The molecule has 0 atom stereocenters. The van der Waals surface area contributed by atoms with E-state index in [4.69, 9.17) is 27.6 Å². The van der Waals surface area contributed by atoms with Gasteiger partial charge in [0.05, 0.1) is 21.9 Å². The van der Waals surface area contributed by atoms with Crippen molar-refractivity contribution in [2.45, 2.75) is 6.92 Å². The summed E-state index contributed by atoms with van der Waals surface area (Å²) in [7, 11) is 0. The molecule has 2 aromatic carbocycles. The van der Waals surface area contributed by atoms with Crippen LogP contribution in [0.3, 0.4) is 0 Å². The highest BCUT2D eigenvalue weighted by molar-refractivity contribution is 6.37. The lowest BCUT2D eigenvalue weighted by atomic mass is 10.0. The summed E-state index contributed by atoms with van der Waals surface area (Å²) in [5.74, 6) is 0.419. The molecule has 0 aliphatic carbocycles. The average Bonchev–Trinajstić information content (AvgIpc) is 3.03. The van der Waals surface area contributed by atoms with Crippen molar-refractivity contribution in [3.05, 3.63) is 59.0 Å². The number of carbonyl (C=O) groups is 1. The van der Waals surface area contributed by atoms with Gasteiger partial charge in [0, 0.05) is 18.1 Å². The van der Waals surface area contributed by atoms with E-state index in [0.29, 0.717) is 21.5 Å². The molecule has 1 aromatic heterocycles. The fourth-order valence-electron chi connectivity index (χ4n) is 2.27. The number of amides is 1. The monoisotopic (exact) mass is 346 g/mol. The average molecular weight is 347 g/mol. The molecule has 4 nitrogen and oxygen atoms in total. The number of nitrogens with one attached hydrogen (secondary N) is 1. The summed E-state index contributed by atoms with van der Waals surface area (Å²) >= 11 is 12.7. The van der Waals surface area contributed by atoms with Crippen molar-refractivity contribution in [2.75, 3.05) is 5.32 Å². The third-order valence-electron chi connectivity index (χ3n) is 3.29. The molecule has 1 heterocycles. The van der Waals surface area contributed by atoms with E-state index in [9.17, 15) is 4.79 Å². The van der Waals surface area contributed by atoms with Gasteiger partial charge < -0.3 is 9.73 Å². The quantitative estimate of drug-likeness (QED) is 0.702. The molecule has 1 amide bonds. The van der Waals surface area contributed by atoms with Gasteiger partial charge in [0.25, 0.3) is 0 Å². The van der Waals surface area contributed by atoms with E-state index >= 15 is 0 Å². The molecule has 0 saturated carbocycles. The first-order valence-corrected chi connectivity index (χ1v) is 7.56. The molecule has 6 heteroatoms. The predicted molar refractivity (Wildman–Crippen MR) is 91.7 cm³/mol. The molecule has 3 aromatic rings. The highest BCUT2D eigenvalue weighted by atomic mass is 35.5. The van der Waals surface area contributed by atoms with Crippen LogP contribution in [-0.4, -0.2) is 10.9 Å². The summed E-state index contributed by atoms with van der Waals surface area (Å²) in [6.07, 6.45) is 2.96. The first-order chi connectivity index (χ1) is 11.1. The Morgan fingerprint density at radius 2 is 2.00 bits per heavy atom. The lowest BCUT2D eigenvalue weighted by Crippen LogP contribution is -2.06. The van der Waals surface area contributed by atoms with Crippen LogP contribution in [0.5, 0.6) is 0 Å². The third kappa shape index (κ3) is 3.23. The number of oxazole rings is 1. The predicted octanol–water partition coefficient (Wildman–Crippen LogP) is 5.27. The fraction of sp³-hybridized carbons (Fsp3) is 0.0588. The Morgan fingerprint density at radius 1 is 1.17 bits per heavy atom. The van der Waals surface area contributed by atoms with Crippen molar-refractivity contribution in [3.8, 4) is 22.5 Å². The van der Waals surface area contributed by atoms with Gasteiger partial charge in [-0.15, -0.1) is 0 Å². The Labute approximate surface area is 143 Å². The molecule has 0 fully saturated rings. The first-order valence-electron chi connectivity index (χ1n) is 6.81. The normalized spacial score (nSPS) is 10.6. The number of carbonyl (C=O) groups excluding carboxylic acids is 1. The van der Waals surface area contributed by atoms with E-state index in [1.54, 1.807) is 18.3 Å². The summed E-state index contributed by atoms with van der Waals surface area (Å²) in [6, 6.07) is 11.0. The Balaban J connectivity index is 2.03. The molecule has 23 heavy (non-hydrogen) atoms. The van der Waals surface area contributed by atoms with Gasteiger partial charge in [-0.05, 0) is 23.8 Å². The Kier molecular flexibility index (Phi) is 4.37. The zero-order valence-electron chi connectivity index (χ0n) is 12.1. The molecular formula is C17H12Cl2N2O2. The van der Waals surface area contributed by atoms with E-state index < -0.39 is 0 Å². The highest BCUT2D eigenvalue weighted by Crippen LogP contribution is 2.37. The number of hydrogen-bond acceptors (Lipinski definition) is 3. The van der Waals surface area contributed by atoms with Crippen LogP contribution >= 0.6 is 23.2 Å². The van der Waals surface area contributed by atoms with Crippen LogP contribution in [0, 0.1) is 0 Å². The second-order valence-electron chi connectivity index (χ2n) is 4.91. The summed E-state index contributed by atoms with van der Waals surface area (Å²) < 4.78 is 5.26. The van der Waals surface area contributed by atoms with E-state index in [1.165, 1.54) is 13.3 Å². The molecule has 0 bridgehead atoms. The van der Waals surface area contributed by atoms with Crippen LogP contribution in [0.1, 0.15) is 6.92 Å². The number of benzene rings is 2. The van der Waals surface area contributed by atoms with Gasteiger partial charge in [-0.25, -0.2) is 4.98 Å². The molecule has 116 valence electrons. The van der Waals surface area contributed by atoms with Crippen molar-refractivity contribution < 1.29 is 9.21 Å². The van der Waals surface area contributed by atoms with Crippen LogP contribution in [0.2, 0.25) is 10.0 Å². The molecule has 0 aliphatic rings. The molecule has 3 rings (SSSR count). The number of anilines is 1. The maximum Gasteiger partial charge on any atom is 0.221 e. The first kappa shape index (κ1) is 15.6. The zero-order chi connectivity index (χ0) is 16.4. The van der Waals surface area contributed by atoms with Crippen molar-refractivity contribution >= 4 is 34.8 Å². The van der Waals surface area contributed by atoms with Crippen molar-refractivity contribution in [1.29, 1.82) is 0 Å². The minimum Gasteiger partial charge on any atom is -0.443 e. The van der Waals surface area contributed by atoms with Gasteiger partial charge in [0.15, 0.2) is 12.2 Å². The van der Waals surface area contributed by atoms with Crippen LogP contribution in [0.25, 0.3) is 22.5 Å². The number of halogens is 2. The maximum absolute atomic E-state index is 11.2. The van der Waals surface area contributed by atoms with Crippen LogP contribution < -0.4 is 5.32 Å². The molecule has 1 N–H and O–H groups in total. The van der Waals surface area contributed by atoms with Gasteiger partial charge in [-0.3, -0.25) is 4.79 Å². The number of nitrogens with zero attached hydrogens (tertiary/aromatic N) is 1. The standard InChI is InChI=1S/C17H12Cl2N2O2/c1-10(22)21-15-4-2-3-12(17(15)19)11-5-6-13(14(18)7-11)16-8-20-9-23-16/h2-9H,1H3,(H,21,22). The molecule has 0 saturated heterocycles. The lowest BCUT2D eigenvalue weighted by Gasteiger charge is -2.11. The minimum absolute atomic E-state index is 0.178. The van der Waals surface area contributed by atoms with Gasteiger partial charge in [-0.1, -0.05) is 41.4 Å². The molecule has 0 aliphatic heterocycles. The summed E-state index contributed by atoms with van der Waals surface area (Å²) in [5.41, 5.74) is 2.94. The van der Waals surface area contributed by atoms with Gasteiger partial charge in [0.1, 0.15) is 0 Å². The molecule has 0 spiro atoms. The number of rotatable bonds is 3. The third-order valence-corrected chi connectivity index (χ3v) is 4.01.